The highest BCUT2D eigenvalue weighted by atomic mass is 16.2. The topological polar surface area (TPSA) is 80.1 Å². The summed E-state index contributed by atoms with van der Waals surface area (Å²) >= 11 is 0. The van der Waals surface area contributed by atoms with E-state index in [1.54, 1.807) is 4.68 Å². The second-order valence-corrected chi connectivity index (χ2v) is 8.49. The van der Waals surface area contributed by atoms with Gasteiger partial charge in [0.05, 0.1) is 5.69 Å². The van der Waals surface area contributed by atoms with Crippen LogP contribution in [0.3, 0.4) is 0 Å². The Morgan fingerprint density at radius 1 is 1.07 bits per heavy atom. The van der Waals surface area contributed by atoms with Crippen molar-refractivity contribution < 1.29 is 4.79 Å². The molecule has 5 unspecified atom stereocenters. The number of hydrogen-bond acceptors (Lipinski definition) is 4. The van der Waals surface area contributed by atoms with E-state index in [9.17, 15) is 9.59 Å². The van der Waals surface area contributed by atoms with Crippen LogP contribution in [0.1, 0.15) is 36.4 Å². The zero-order chi connectivity index (χ0) is 19.4. The highest BCUT2D eigenvalue weighted by Crippen LogP contribution is 2.43. The maximum atomic E-state index is 13.5. The molecule has 2 aliphatic heterocycles. The molecule has 1 aromatic heterocycles. The van der Waals surface area contributed by atoms with E-state index in [1.165, 1.54) is 0 Å². The number of nitrogens with zero attached hydrogens (tertiary/aromatic N) is 2. The van der Waals surface area contributed by atoms with Crippen molar-refractivity contribution in [3.05, 3.63) is 51.9 Å². The van der Waals surface area contributed by atoms with E-state index >= 15 is 0 Å². The summed E-state index contributed by atoms with van der Waals surface area (Å²) < 4.78 is 3.66. The van der Waals surface area contributed by atoms with Crippen LogP contribution in [-0.4, -0.2) is 33.9 Å². The van der Waals surface area contributed by atoms with Gasteiger partial charge in [-0.2, -0.15) is 0 Å². The molecule has 148 valence electrons. The predicted octanol–water partition coefficient (Wildman–Crippen LogP) is 0.959. The number of fused-ring (bicyclic) bond motifs is 2. The normalized spacial score (nSPS) is 31.9. The fourth-order valence-corrected chi connectivity index (χ4v) is 5.60. The summed E-state index contributed by atoms with van der Waals surface area (Å²) in [5.41, 5.74) is 9.25. The third-order valence-corrected chi connectivity index (χ3v) is 7.06. The van der Waals surface area contributed by atoms with Gasteiger partial charge in [0, 0.05) is 49.3 Å². The highest BCUT2D eigenvalue weighted by Gasteiger charge is 2.47. The molecule has 1 aliphatic carbocycles. The Labute approximate surface area is 164 Å². The van der Waals surface area contributed by atoms with E-state index in [4.69, 9.17) is 0 Å². The van der Waals surface area contributed by atoms with Crippen molar-refractivity contribution in [1.82, 2.24) is 25.5 Å². The average molecular weight is 381 g/mol. The lowest BCUT2D eigenvalue weighted by molar-refractivity contribution is -0.126. The largest absolute Gasteiger partial charge is 0.353 e. The van der Waals surface area contributed by atoms with Crippen LogP contribution in [0.25, 0.3) is 5.69 Å². The van der Waals surface area contributed by atoms with Crippen molar-refractivity contribution in [2.24, 2.45) is 18.9 Å². The molecule has 2 aromatic rings. The van der Waals surface area contributed by atoms with Crippen LogP contribution in [0.2, 0.25) is 0 Å². The molecule has 7 heteroatoms. The minimum Gasteiger partial charge on any atom is -0.353 e. The number of hydrogen-bond donors (Lipinski definition) is 3. The second kappa shape index (κ2) is 6.60. The Kier molecular flexibility index (Phi) is 4.17. The van der Waals surface area contributed by atoms with Gasteiger partial charge in [-0.25, -0.2) is 4.68 Å². The van der Waals surface area contributed by atoms with E-state index in [2.05, 4.69) is 16.2 Å². The summed E-state index contributed by atoms with van der Waals surface area (Å²) in [5, 5.41) is 3.20. The van der Waals surface area contributed by atoms with E-state index in [0.29, 0.717) is 24.3 Å². The molecule has 0 radical (unpaired) electrons. The molecule has 28 heavy (non-hydrogen) atoms. The van der Waals surface area contributed by atoms with Gasteiger partial charge in [-0.05, 0) is 43.7 Å². The third kappa shape index (κ3) is 2.64. The number of para-hydroxylation sites is 1. The SMILES string of the molecule is Cc1c(C2CC(=O)NC3CC4NNCC4CC32)c(=O)n(-c2ccccc2)n1C. The van der Waals surface area contributed by atoms with Crippen LogP contribution < -0.4 is 21.7 Å². The molecule has 1 saturated carbocycles. The van der Waals surface area contributed by atoms with Gasteiger partial charge in [-0.15, -0.1) is 0 Å². The summed E-state index contributed by atoms with van der Waals surface area (Å²) in [6.45, 7) is 2.96. The Bertz CT molecular complexity index is 963. The van der Waals surface area contributed by atoms with Gasteiger partial charge in [0.25, 0.3) is 5.56 Å². The minimum atomic E-state index is -0.0241. The lowest BCUT2D eigenvalue weighted by atomic mass is 9.66. The van der Waals surface area contributed by atoms with E-state index < -0.39 is 0 Å². The molecule has 3 aliphatic rings. The van der Waals surface area contributed by atoms with Crippen LogP contribution >= 0.6 is 0 Å². The van der Waals surface area contributed by atoms with Gasteiger partial charge in [0.1, 0.15) is 0 Å². The number of benzene rings is 1. The van der Waals surface area contributed by atoms with Crippen LogP contribution in [0.5, 0.6) is 0 Å². The Hall–Kier alpha value is -2.38. The quantitative estimate of drug-likeness (QED) is 0.724. The van der Waals surface area contributed by atoms with Crippen molar-refractivity contribution in [2.75, 3.05) is 6.54 Å². The number of amides is 1. The maximum absolute atomic E-state index is 13.5. The molecule has 0 spiro atoms. The number of carbonyl (C=O) groups is 1. The van der Waals surface area contributed by atoms with Gasteiger partial charge in [0.15, 0.2) is 0 Å². The van der Waals surface area contributed by atoms with Crippen LogP contribution in [0.15, 0.2) is 35.1 Å². The number of piperidine rings is 1. The first-order valence-electron chi connectivity index (χ1n) is 10.2. The monoisotopic (exact) mass is 381 g/mol. The smallest absolute Gasteiger partial charge is 0.275 e. The van der Waals surface area contributed by atoms with Gasteiger partial charge in [0.2, 0.25) is 5.91 Å². The fourth-order valence-electron chi connectivity index (χ4n) is 5.60. The van der Waals surface area contributed by atoms with Crippen LogP contribution in [-0.2, 0) is 11.8 Å². The number of hydrazine groups is 1. The van der Waals surface area contributed by atoms with Crippen LogP contribution in [0, 0.1) is 18.8 Å². The van der Waals surface area contributed by atoms with Crippen molar-refractivity contribution in [2.45, 2.75) is 44.2 Å². The molecule has 7 nitrogen and oxygen atoms in total. The van der Waals surface area contributed by atoms with E-state index in [0.717, 1.165) is 36.3 Å². The Morgan fingerprint density at radius 2 is 1.86 bits per heavy atom. The molecule has 5 atom stereocenters. The van der Waals surface area contributed by atoms with Crippen molar-refractivity contribution in [3.8, 4) is 5.69 Å². The molecule has 3 heterocycles. The number of rotatable bonds is 2. The lowest BCUT2D eigenvalue weighted by Gasteiger charge is -2.45. The van der Waals surface area contributed by atoms with Gasteiger partial charge in [-0.3, -0.25) is 25.1 Å². The first-order chi connectivity index (χ1) is 13.5. The van der Waals surface area contributed by atoms with Crippen molar-refractivity contribution in [1.29, 1.82) is 0 Å². The molecule has 0 bridgehead atoms. The zero-order valence-electron chi connectivity index (χ0n) is 16.3. The first-order valence-corrected chi connectivity index (χ1v) is 10.2. The molecular formula is C21H27N5O2. The standard InChI is InChI=1S/C21H27N5O2/c1-12-20(21(28)26(25(12)2)14-6-4-3-5-7-14)16-9-19(27)23-18-10-17-13(8-15(16)18)11-22-24-17/h3-7,13,15-18,22,24H,8-11H2,1-2H3,(H,23,27). The molecule has 1 aromatic carbocycles. The zero-order valence-corrected chi connectivity index (χ0v) is 16.3. The van der Waals surface area contributed by atoms with E-state index in [1.807, 2.05) is 49.0 Å². The third-order valence-electron chi connectivity index (χ3n) is 7.06. The van der Waals surface area contributed by atoms with Crippen molar-refractivity contribution in [3.63, 3.8) is 0 Å². The molecule has 3 fully saturated rings. The molecule has 3 N–H and O–H groups in total. The number of aromatic nitrogens is 2. The molecule has 1 amide bonds. The minimum absolute atomic E-state index is 0.00875. The Morgan fingerprint density at radius 3 is 2.64 bits per heavy atom. The Balaban J connectivity index is 1.58. The van der Waals surface area contributed by atoms with E-state index in [-0.39, 0.29) is 23.4 Å². The lowest BCUT2D eigenvalue weighted by Crippen LogP contribution is -2.55. The summed E-state index contributed by atoms with van der Waals surface area (Å²) in [6, 6.07) is 10.3. The molecule has 2 saturated heterocycles. The maximum Gasteiger partial charge on any atom is 0.275 e. The summed E-state index contributed by atoms with van der Waals surface area (Å²) in [7, 11) is 1.93. The average Bonchev–Trinajstić information content (AvgIpc) is 3.22. The van der Waals surface area contributed by atoms with Crippen molar-refractivity contribution >= 4 is 5.91 Å². The molecule has 5 rings (SSSR count). The number of carbonyl (C=O) groups excluding carboxylic acids is 1. The number of nitrogens with one attached hydrogen (secondary N) is 3. The first kappa shape index (κ1) is 17.7. The fraction of sp³-hybridized carbons (Fsp3) is 0.524. The summed E-state index contributed by atoms with van der Waals surface area (Å²) in [4.78, 5) is 26.0. The van der Waals surface area contributed by atoms with Gasteiger partial charge >= 0.3 is 0 Å². The summed E-state index contributed by atoms with van der Waals surface area (Å²) in [6.07, 6.45) is 2.34. The molecular weight excluding hydrogens is 354 g/mol. The van der Waals surface area contributed by atoms with Crippen LogP contribution in [0.4, 0.5) is 0 Å². The van der Waals surface area contributed by atoms with Gasteiger partial charge < -0.3 is 5.32 Å². The van der Waals surface area contributed by atoms with Gasteiger partial charge in [-0.1, -0.05) is 18.2 Å². The predicted molar refractivity (Wildman–Crippen MR) is 106 cm³/mol. The highest BCUT2D eigenvalue weighted by molar-refractivity contribution is 5.78. The summed E-state index contributed by atoms with van der Waals surface area (Å²) in [5.74, 6) is 0.895. The second-order valence-electron chi connectivity index (χ2n) is 8.49.